The van der Waals surface area contributed by atoms with Gasteiger partial charge < -0.3 is 10.1 Å². The van der Waals surface area contributed by atoms with E-state index in [-0.39, 0.29) is 17.9 Å². The zero-order valence-corrected chi connectivity index (χ0v) is 18.4. The highest BCUT2D eigenvalue weighted by atomic mass is 16.5. The third-order valence-electron chi connectivity index (χ3n) is 6.11. The fourth-order valence-electron chi connectivity index (χ4n) is 4.42. The number of nitrogens with zero attached hydrogens (tertiary/aromatic N) is 3. The van der Waals surface area contributed by atoms with Crippen LogP contribution in [0.15, 0.2) is 36.5 Å². The zero-order chi connectivity index (χ0) is 22.2. The quantitative estimate of drug-likeness (QED) is 0.625. The second kappa shape index (κ2) is 8.13. The standard InChI is InChI=1S/C24H28N4O3/c1-15(2)28-21-19(14-25-28)18(13-20(26-21)17-10-6-5-9-16(17)3)22(29)27-24(23(30)31-4)11-7-8-12-24/h5-6,9-10,13-15H,7-8,11-12H2,1-4H3,(H,27,29). The minimum Gasteiger partial charge on any atom is -0.467 e. The van der Waals surface area contributed by atoms with Crippen molar-refractivity contribution in [1.82, 2.24) is 20.1 Å². The Morgan fingerprint density at radius 3 is 2.55 bits per heavy atom. The molecule has 0 spiro atoms. The van der Waals surface area contributed by atoms with Gasteiger partial charge in [-0.25, -0.2) is 14.5 Å². The lowest BCUT2D eigenvalue weighted by molar-refractivity contribution is -0.148. The molecule has 1 aliphatic carbocycles. The molecule has 1 saturated carbocycles. The fourth-order valence-corrected chi connectivity index (χ4v) is 4.42. The van der Waals surface area contributed by atoms with Crippen LogP contribution in [-0.2, 0) is 9.53 Å². The number of benzene rings is 1. The van der Waals surface area contributed by atoms with Crippen molar-refractivity contribution in [2.45, 2.75) is 58.0 Å². The highest BCUT2D eigenvalue weighted by molar-refractivity contribution is 6.08. The van der Waals surface area contributed by atoms with E-state index in [1.165, 1.54) is 7.11 Å². The second-order valence-electron chi connectivity index (χ2n) is 8.53. The number of pyridine rings is 1. The Balaban J connectivity index is 1.85. The lowest BCUT2D eigenvalue weighted by atomic mass is 9.96. The number of aryl methyl sites for hydroxylation is 1. The Labute approximate surface area is 181 Å². The Hall–Kier alpha value is -3.22. The van der Waals surface area contributed by atoms with Crippen molar-refractivity contribution in [2.24, 2.45) is 0 Å². The summed E-state index contributed by atoms with van der Waals surface area (Å²) in [6.07, 6.45) is 4.59. The van der Waals surface area contributed by atoms with Crippen LogP contribution in [-0.4, -0.2) is 39.3 Å². The molecule has 1 N–H and O–H groups in total. The van der Waals surface area contributed by atoms with Gasteiger partial charge in [-0.05, 0) is 45.2 Å². The number of hydrogen-bond acceptors (Lipinski definition) is 5. The van der Waals surface area contributed by atoms with Crippen molar-refractivity contribution in [1.29, 1.82) is 0 Å². The maximum atomic E-state index is 13.5. The van der Waals surface area contributed by atoms with Gasteiger partial charge in [0.15, 0.2) is 5.65 Å². The summed E-state index contributed by atoms with van der Waals surface area (Å²) < 4.78 is 6.84. The molecule has 162 valence electrons. The highest BCUT2D eigenvalue weighted by Crippen LogP contribution is 2.33. The molecule has 7 heteroatoms. The van der Waals surface area contributed by atoms with Crippen LogP contribution < -0.4 is 5.32 Å². The molecule has 1 aliphatic rings. The first-order valence-electron chi connectivity index (χ1n) is 10.7. The fraction of sp³-hybridized carbons (Fsp3) is 0.417. The monoisotopic (exact) mass is 420 g/mol. The van der Waals surface area contributed by atoms with Crippen LogP contribution in [0.2, 0.25) is 0 Å². The number of amides is 1. The van der Waals surface area contributed by atoms with E-state index in [4.69, 9.17) is 9.72 Å². The number of carbonyl (C=O) groups is 2. The Morgan fingerprint density at radius 1 is 1.19 bits per heavy atom. The van der Waals surface area contributed by atoms with E-state index in [2.05, 4.69) is 10.4 Å². The molecule has 0 radical (unpaired) electrons. The number of hydrogen-bond donors (Lipinski definition) is 1. The normalized spacial score (nSPS) is 15.4. The van der Waals surface area contributed by atoms with Crippen LogP contribution in [0.3, 0.4) is 0 Å². The lowest BCUT2D eigenvalue weighted by Crippen LogP contribution is -2.53. The van der Waals surface area contributed by atoms with Crippen LogP contribution in [0.4, 0.5) is 0 Å². The number of nitrogens with one attached hydrogen (secondary N) is 1. The average molecular weight is 421 g/mol. The first kappa shape index (κ1) is 21.0. The Morgan fingerprint density at radius 2 is 1.90 bits per heavy atom. The third kappa shape index (κ3) is 3.69. The largest absolute Gasteiger partial charge is 0.467 e. The van der Waals surface area contributed by atoms with Gasteiger partial charge in [0.05, 0.1) is 30.0 Å². The smallest absolute Gasteiger partial charge is 0.331 e. The van der Waals surface area contributed by atoms with E-state index in [9.17, 15) is 9.59 Å². The van der Waals surface area contributed by atoms with Gasteiger partial charge in [-0.3, -0.25) is 4.79 Å². The molecule has 1 aromatic carbocycles. The summed E-state index contributed by atoms with van der Waals surface area (Å²) in [5, 5.41) is 8.15. The molecule has 0 saturated heterocycles. The number of ether oxygens (including phenoxy) is 1. The summed E-state index contributed by atoms with van der Waals surface area (Å²) in [5.41, 5.74) is 2.87. The molecule has 0 atom stereocenters. The van der Waals surface area contributed by atoms with Gasteiger partial charge in [-0.15, -0.1) is 0 Å². The zero-order valence-electron chi connectivity index (χ0n) is 18.4. The maximum Gasteiger partial charge on any atom is 0.331 e. The highest BCUT2D eigenvalue weighted by Gasteiger charge is 2.44. The van der Waals surface area contributed by atoms with E-state index in [1.807, 2.05) is 49.7 Å². The maximum absolute atomic E-state index is 13.5. The minimum atomic E-state index is -0.974. The molecule has 4 rings (SSSR count). The summed E-state index contributed by atoms with van der Waals surface area (Å²) in [7, 11) is 1.36. The number of fused-ring (bicyclic) bond motifs is 1. The molecular formula is C24H28N4O3. The molecule has 0 bridgehead atoms. The molecular weight excluding hydrogens is 392 g/mol. The van der Waals surface area contributed by atoms with E-state index in [1.54, 1.807) is 12.3 Å². The number of rotatable bonds is 5. The van der Waals surface area contributed by atoms with Gasteiger partial charge in [0, 0.05) is 11.6 Å². The number of carbonyl (C=O) groups excluding carboxylic acids is 2. The van der Waals surface area contributed by atoms with Crippen LogP contribution in [0, 0.1) is 6.92 Å². The van der Waals surface area contributed by atoms with Gasteiger partial charge in [-0.1, -0.05) is 37.1 Å². The van der Waals surface area contributed by atoms with Crippen molar-refractivity contribution < 1.29 is 14.3 Å². The van der Waals surface area contributed by atoms with Gasteiger partial charge in [0.1, 0.15) is 5.54 Å². The summed E-state index contributed by atoms with van der Waals surface area (Å²) in [6.45, 7) is 6.07. The number of aromatic nitrogens is 3. The van der Waals surface area contributed by atoms with E-state index < -0.39 is 5.54 Å². The van der Waals surface area contributed by atoms with Crippen molar-refractivity contribution in [3.05, 3.63) is 47.7 Å². The van der Waals surface area contributed by atoms with E-state index in [0.29, 0.717) is 35.1 Å². The molecule has 7 nitrogen and oxygen atoms in total. The third-order valence-corrected chi connectivity index (χ3v) is 6.11. The second-order valence-corrected chi connectivity index (χ2v) is 8.53. The summed E-state index contributed by atoms with van der Waals surface area (Å²) >= 11 is 0. The van der Waals surface area contributed by atoms with Crippen LogP contribution in [0.25, 0.3) is 22.3 Å². The molecule has 0 unspecified atom stereocenters. The Bertz CT molecular complexity index is 1140. The molecule has 1 amide bonds. The van der Waals surface area contributed by atoms with Crippen molar-refractivity contribution in [3.63, 3.8) is 0 Å². The average Bonchev–Trinajstić information content (AvgIpc) is 3.40. The predicted octanol–water partition coefficient (Wildman–Crippen LogP) is 4.20. The van der Waals surface area contributed by atoms with Crippen molar-refractivity contribution >= 4 is 22.9 Å². The van der Waals surface area contributed by atoms with E-state index in [0.717, 1.165) is 24.0 Å². The molecule has 2 heterocycles. The summed E-state index contributed by atoms with van der Waals surface area (Å²) in [6, 6.07) is 9.83. The molecule has 3 aromatic rings. The predicted molar refractivity (Wildman–Crippen MR) is 119 cm³/mol. The molecule has 31 heavy (non-hydrogen) atoms. The van der Waals surface area contributed by atoms with Crippen LogP contribution in [0.1, 0.15) is 61.5 Å². The molecule has 0 aliphatic heterocycles. The number of methoxy groups -OCH3 is 1. The van der Waals surface area contributed by atoms with Crippen molar-refractivity contribution in [2.75, 3.05) is 7.11 Å². The Kier molecular flexibility index (Phi) is 5.52. The first-order chi connectivity index (χ1) is 14.9. The van der Waals surface area contributed by atoms with Gasteiger partial charge in [-0.2, -0.15) is 5.10 Å². The number of esters is 1. The lowest BCUT2D eigenvalue weighted by Gasteiger charge is -2.27. The van der Waals surface area contributed by atoms with Crippen LogP contribution >= 0.6 is 0 Å². The topological polar surface area (TPSA) is 86.1 Å². The van der Waals surface area contributed by atoms with Crippen molar-refractivity contribution in [3.8, 4) is 11.3 Å². The van der Waals surface area contributed by atoms with Gasteiger partial charge in [0.25, 0.3) is 5.91 Å². The van der Waals surface area contributed by atoms with Crippen LogP contribution in [0.5, 0.6) is 0 Å². The van der Waals surface area contributed by atoms with E-state index >= 15 is 0 Å². The summed E-state index contributed by atoms with van der Waals surface area (Å²) in [5.74, 6) is -0.696. The van der Waals surface area contributed by atoms with Gasteiger partial charge in [0.2, 0.25) is 0 Å². The summed E-state index contributed by atoms with van der Waals surface area (Å²) in [4.78, 5) is 30.9. The minimum absolute atomic E-state index is 0.0873. The first-order valence-corrected chi connectivity index (χ1v) is 10.7. The SMILES string of the molecule is COC(=O)C1(NC(=O)c2cc(-c3ccccc3C)nc3c2cnn3C(C)C)CCCC1. The van der Waals surface area contributed by atoms with Gasteiger partial charge >= 0.3 is 5.97 Å². The molecule has 1 fully saturated rings. The molecule has 2 aromatic heterocycles.